The molecule has 3 aromatic rings. The predicted octanol–water partition coefficient (Wildman–Crippen LogP) is 3.84. The van der Waals surface area contributed by atoms with Crippen molar-refractivity contribution in [1.82, 2.24) is 4.40 Å². The Morgan fingerprint density at radius 3 is 2.63 bits per heavy atom. The molecule has 0 spiro atoms. The van der Waals surface area contributed by atoms with Gasteiger partial charge in [-0.15, -0.1) is 23.5 Å². The van der Waals surface area contributed by atoms with E-state index in [1.54, 1.807) is 42.4 Å². The molecule has 5 nitrogen and oxygen atoms in total. The lowest BCUT2D eigenvalue weighted by atomic mass is 10.1. The van der Waals surface area contributed by atoms with Crippen LogP contribution in [0.4, 0.5) is 0 Å². The molecule has 0 atom stereocenters. The summed E-state index contributed by atoms with van der Waals surface area (Å²) in [6.45, 7) is 0.228. The van der Waals surface area contributed by atoms with Crippen LogP contribution in [0, 0.1) is 11.3 Å². The minimum absolute atomic E-state index is 0.0446. The Hall–Kier alpha value is -2.69. The number of ether oxygens (including phenoxy) is 1. The fourth-order valence-electron chi connectivity index (χ4n) is 2.67. The first-order chi connectivity index (χ1) is 13.2. The van der Waals surface area contributed by atoms with Gasteiger partial charge in [-0.25, -0.2) is 4.79 Å². The number of fused-ring (bicyclic) bond motifs is 1. The van der Waals surface area contributed by atoms with Crippen LogP contribution in [0.2, 0.25) is 0 Å². The van der Waals surface area contributed by atoms with Crippen LogP contribution in [0.25, 0.3) is 5.52 Å². The van der Waals surface area contributed by atoms with E-state index in [9.17, 15) is 14.9 Å². The maximum absolute atomic E-state index is 12.8. The van der Waals surface area contributed by atoms with Crippen molar-refractivity contribution in [2.24, 2.45) is 0 Å². The molecular formula is C20H16N2O3S2. The monoisotopic (exact) mass is 396 g/mol. The lowest BCUT2D eigenvalue weighted by Crippen LogP contribution is -2.22. The van der Waals surface area contributed by atoms with E-state index in [-0.39, 0.29) is 17.7 Å². The van der Waals surface area contributed by atoms with Crippen LogP contribution < -0.4 is 5.56 Å². The first-order valence-electron chi connectivity index (χ1n) is 8.13. The molecule has 0 bridgehead atoms. The molecule has 0 saturated heterocycles. The second-order valence-corrected chi connectivity index (χ2v) is 7.44. The van der Waals surface area contributed by atoms with Crippen LogP contribution in [-0.2, 0) is 4.74 Å². The van der Waals surface area contributed by atoms with Gasteiger partial charge in [-0.1, -0.05) is 24.3 Å². The van der Waals surface area contributed by atoms with Gasteiger partial charge >= 0.3 is 5.97 Å². The number of carbonyl (C=O) groups is 1. The largest absolute Gasteiger partial charge is 0.461 e. The van der Waals surface area contributed by atoms with E-state index in [1.807, 2.05) is 36.4 Å². The summed E-state index contributed by atoms with van der Waals surface area (Å²) in [7, 11) is 0. The van der Waals surface area contributed by atoms with Crippen LogP contribution in [0.1, 0.15) is 15.9 Å². The standard InChI is InChI=1S/C20H16N2O3S2/c1-26-18-15(13-21)19(23)22-10-6-5-9-16(22)17(18)20(24)25-11-12-27-14-7-3-2-4-8-14/h2-10H,11-12H2,1H3. The zero-order chi connectivity index (χ0) is 19.2. The Balaban J connectivity index is 1.86. The second kappa shape index (κ2) is 8.80. The SMILES string of the molecule is CSc1c(C#N)c(=O)n2ccccc2c1C(=O)OCCSc1ccccc1. The maximum atomic E-state index is 12.8. The number of thioether (sulfide) groups is 2. The molecule has 0 fully saturated rings. The van der Waals surface area contributed by atoms with Gasteiger partial charge in [-0.2, -0.15) is 5.26 Å². The topological polar surface area (TPSA) is 71.6 Å². The normalized spacial score (nSPS) is 10.5. The van der Waals surface area contributed by atoms with Gasteiger partial charge in [0.05, 0.1) is 11.1 Å². The molecule has 2 aromatic heterocycles. The molecule has 3 rings (SSSR count). The second-order valence-electron chi connectivity index (χ2n) is 5.45. The number of esters is 1. The molecule has 0 radical (unpaired) electrons. The smallest absolute Gasteiger partial charge is 0.341 e. The Bertz CT molecular complexity index is 1070. The van der Waals surface area contributed by atoms with Crippen LogP contribution in [0.5, 0.6) is 0 Å². The van der Waals surface area contributed by atoms with Crippen molar-refractivity contribution in [2.75, 3.05) is 18.6 Å². The van der Waals surface area contributed by atoms with Gasteiger partial charge in [0.25, 0.3) is 5.56 Å². The molecule has 7 heteroatoms. The summed E-state index contributed by atoms with van der Waals surface area (Å²) in [5, 5.41) is 9.40. The Morgan fingerprint density at radius 1 is 1.19 bits per heavy atom. The molecule has 1 aromatic carbocycles. The average Bonchev–Trinajstić information content (AvgIpc) is 2.71. The minimum atomic E-state index is -0.534. The third-order valence-corrected chi connectivity index (χ3v) is 5.64. The maximum Gasteiger partial charge on any atom is 0.341 e. The summed E-state index contributed by atoms with van der Waals surface area (Å²) in [5.41, 5.74) is 0.209. The summed E-state index contributed by atoms with van der Waals surface area (Å²) in [5.74, 6) is 0.0772. The fourth-order valence-corrected chi connectivity index (χ4v) is 4.15. The molecule has 0 amide bonds. The van der Waals surface area contributed by atoms with E-state index < -0.39 is 11.5 Å². The number of aromatic nitrogens is 1. The zero-order valence-corrected chi connectivity index (χ0v) is 16.2. The number of rotatable bonds is 6. The molecular weight excluding hydrogens is 380 g/mol. The summed E-state index contributed by atoms with van der Waals surface area (Å²) in [6.07, 6.45) is 3.28. The highest BCUT2D eigenvalue weighted by atomic mass is 32.2. The first kappa shape index (κ1) is 19.1. The minimum Gasteiger partial charge on any atom is -0.461 e. The summed E-state index contributed by atoms with van der Waals surface area (Å²) in [4.78, 5) is 26.7. The van der Waals surface area contributed by atoms with E-state index in [1.165, 1.54) is 16.2 Å². The van der Waals surface area contributed by atoms with E-state index in [0.717, 1.165) is 4.90 Å². The summed E-state index contributed by atoms with van der Waals surface area (Å²) < 4.78 is 6.75. The van der Waals surface area contributed by atoms with E-state index in [0.29, 0.717) is 16.2 Å². The summed E-state index contributed by atoms with van der Waals surface area (Å²) in [6, 6.07) is 16.9. The molecule has 0 N–H and O–H groups in total. The van der Waals surface area contributed by atoms with Gasteiger partial charge in [-0.05, 0) is 30.5 Å². The Kier molecular flexibility index (Phi) is 6.22. The number of hydrogen-bond acceptors (Lipinski definition) is 6. The highest BCUT2D eigenvalue weighted by Gasteiger charge is 2.23. The van der Waals surface area contributed by atoms with Crippen LogP contribution in [0.3, 0.4) is 0 Å². The number of benzene rings is 1. The van der Waals surface area contributed by atoms with E-state index in [4.69, 9.17) is 4.74 Å². The average molecular weight is 396 g/mol. The molecule has 0 aliphatic carbocycles. The van der Waals surface area contributed by atoms with Gasteiger partial charge in [0.2, 0.25) is 0 Å². The van der Waals surface area contributed by atoms with E-state index in [2.05, 4.69) is 0 Å². The zero-order valence-electron chi connectivity index (χ0n) is 14.5. The molecule has 0 aliphatic rings. The van der Waals surface area contributed by atoms with Gasteiger partial charge in [-0.3, -0.25) is 9.20 Å². The van der Waals surface area contributed by atoms with Crippen molar-refractivity contribution in [1.29, 1.82) is 5.26 Å². The number of hydrogen-bond donors (Lipinski definition) is 0. The molecule has 2 heterocycles. The van der Waals surface area contributed by atoms with Gasteiger partial charge in [0.1, 0.15) is 18.2 Å². The molecule has 136 valence electrons. The third-order valence-electron chi connectivity index (χ3n) is 3.85. The lowest BCUT2D eigenvalue weighted by molar-refractivity contribution is 0.0528. The number of pyridine rings is 2. The summed E-state index contributed by atoms with van der Waals surface area (Å²) >= 11 is 2.79. The van der Waals surface area contributed by atoms with Crippen molar-refractivity contribution >= 4 is 35.0 Å². The van der Waals surface area contributed by atoms with Gasteiger partial charge < -0.3 is 4.74 Å². The van der Waals surface area contributed by atoms with Crippen LogP contribution >= 0.6 is 23.5 Å². The van der Waals surface area contributed by atoms with Crippen LogP contribution in [-0.4, -0.2) is 29.0 Å². The third kappa shape index (κ3) is 4.02. The highest BCUT2D eigenvalue weighted by molar-refractivity contribution is 7.99. The van der Waals surface area contributed by atoms with Crippen molar-refractivity contribution < 1.29 is 9.53 Å². The first-order valence-corrected chi connectivity index (χ1v) is 10.3. The number of nitrogens with zero attached hydrogens (tertiary/aromatic N) is 2. The molecule has 27 heavy (non-hydrogen) atoms. The van der Waals surface area contributed by atoms with Gasteiger partial charge in [0.15, 0.2) is 0 Å². The van der Waals surface area contributed by atoms with Crippen molar-refractivity contribution in [2.45, 2.75) is 9.79 Å². The fraction of sp³-hybridized carbons (Fsp3) is 0.150. The van der Waals surface area contributed by atoms with Crippen molar-refractivity contribution in [3.63, 3.8) is 0 Å². The van der Waals surface area contributed by atoms with E-state index >= 15 is 0 Å². The number of carbonyl (C=O) groups excluding carboxylic acids is 1. The van der Waals surface area contributed by atoms with Crippen molar-refractivity contribution in [3.05, 3.63) is 76.2 Å². The molecule has 0 aliphatic heterocycles. The highest BCUT2D eigenvalue weighted by Crippen LogP contribution is 2.27. The predicted molar refractivity (Wildman–Crippen MR) is 108 cm³/mol. The number of nitriles is 1. The van der Waals surface area contributed by atoms with Crippen LogP contribution in [0.15, 0.2) is 69.3 Å². The lowest BCUT2D eigenvalue weighted by Gasteiger charge is -2.13. The van der Waals surface area contributed by atoms with Crippen molar-refractivity contribution in [3.8, 4) is 6.07 Å². The molecule has 0 unspecified atom stereocenters. The Labute approximate surface area is 165 Å². The van der Waals surface area contributed by atoms with Gasteiger partial charge in [0, 0.05) is 21.7 Å². The quantitative estimate of drug-likeness (QED) is 0.358. The molecule has 0 saturated carbocycles. The Morgan fingerprint density at radius 2 is 1.93 bits per heavy atom.